The zero-order valence-electron chi connectivity index (χ0n) is 16.8. The van der Waals surface area contributed by atoms with Gasteiger partial charge in [-0.1, -0.05) is 67.4 Å². The summed E-state index contributed by atoms with van der Waals surface area (Å²) < 4.78 is 28.0. The average molecular weight is 396 g/mol. The van der Waals surface area contributed by atoms with E-state index in [0.29, 0.717) is 18.0 Å². The summed E-state index contributed by atoms with van der Waals surface area (Å²) in [5.74, 6) is 0.0484. The van der Waals surface area contributed by atoms with Crippen LogP contribution in [0, 0.1) is 12.8 Å². The standard InChI is InChI=1S/C24H29NO2S/c1-4-6-12-23(21-10-8-7-9-11-21)24-18-25(17-20(24)5-2)28(26,27)22-15-13-19(3)14-16-22/h5,7-11,13-16,20H,2,4,6,12,17-18H2,1,3H3/b24-23-. The normalized spacial score (nSPS) is 19.6. The van der Waals surface area contributed by atoms with Crippen molar-refractivity contribution in [3.05, 3.63) is 84.0 Å². The van der Waals surface area contributed by atoms with Crippen molar-refractivity contribution < 1.29 is 8.42 Å². The zero-order chi connectivity index (χ0) is 20.1. The highest BCUT2D eigenvalue weighted by molar-refractivity contribution is 7.89. The number of nitrogens with zero attached hydrogens (tertiary/aromatic N) is 1. The number of hydrogen-bond acceptors (Lipinski definition) is 2. The Hall–Kier alpha value is -2.17. The summed E-state index contributed by atoms with van der Waals surface area (Å²) in [4.78, 5) is 0.358. The van der Waals surface area contributed by atoms with Crippen molar-refractivity contribution in [3.8, 4) is 0 Å². The molecule has 148 valence electrons. The summed E-state index contributed by atoms with van der Waals surface area (Å²) in [6.45, 7) is 9.02. The lowest BCUT2D eigenvalue weighted by atomic mass is 9.90. The van der Waals surface area contributed by atoms with Gasteiger partial charge < -0.3 is 0 Å². The lowest BCUT2D eigenvalue weighted by molar-refractivity contribution is 0.471. The second kappa shape index (κ2) is 8.89. The number of allylic oxidation sites excluding steroid dienone is 1. The van der Waals surface area contributed by atoms with Gasteiger partial charge in [0.25, 0.3) is 0 Å². The fourth-order valence-electron chi connectivity index (χ4n) is 3.76. The van der Waals surface area contributed by atoms with Gasteiger partial charge in [0.15, 0.2) is 0 Å². The number of aryl methyl sites for hydroxylation is 1. The molecular formula is C24H29NO2S. The lowest BCUT2D eigenvalue weighted by Crippen LogP contribution is -2.28. The minimum absolute atomic E-state index is 0.0484. The smallest absolute Gasteiger partial charge is 0.207 e. The second-order valence-corrected chi connectivity index (χ2v) is 9.36. The van der Waals surface area contributed by atoms with Crippen molar-refractivity contribution in [1.29, 1.82) is 0 Å². The van der Waals surface area contributed by atoms with Gasteiger partial charge >= 0.3 is 0 Å². The van der Waals surface area contributed by atoms with E-state index in [1.807, 2.05) is 43.3 Å². The Morgan fingerprint density at radius 2 is 1.82 bits per heavy atom. The molecule has 1 fully saturated rings. The molecule has 0 aromatic heterocycles. The van der Waals surface area contributed by atoms with Gasteiger partial charge in [-0.2, -0.15) is 4.31 Å². The summed E-state index contributed by atoms with van der Waals surface area (Å²) in [7, 11) is -3.52. The SMILES string of the molecule is C=CC1CN(S(=O)(=O)c2ccc(C)cc2)C/C1=C(\CCCC)c1ccccc1. The van der Waals surface area contributed by atoms with E-state index in [1.54, 1.807) is 16.4 Å². The van der Waals surface area contributed by atoms with Crippen LogP contribution in [0.1, 0.15) is 37.3 Å². The molecule has 1 atom stereocenters. The molecule has 2 aromatic rings. The summed E-state index contributed by atoms with van der Waals surface area (Å²) in [6.07, 6.45) is 5.05. The third-order valence-corrected chi connectivity index (χ3v) is 7.25. The average Bonchev–Trinajstić information content (AvgIpc) is 3.14. The van der Waals surface area contributed by atoms with Crippen LogP contribution in [0.4, 0.5) is 0 Å². The van der Waals surface area contributed by atoms with E-state index >= 15 is 0 Å². The van der Waals surface area contributed by atoms with Crippen LogP contribution < -0.4 is 0 Å². The molecule has 0 amide bonds. The summed E-state index contributed by atoms with van der Waals surface area (Å²) in [6, 6.07) is 17.4. The Morgan fingerprint density at radius 3 is 2.43 bits per heavy atom. The quantitative estimate of drug-likeness (QED) is 0.585. The van der Waals surface area contributed by atoms with Gasteiger partial charge in [0, 0.05) is 19.0 Å². The molecule has 0 radical (unpaired) electrons. The van der Waals surface area contributed by atoms with Gasteiger partial charge in [-0.15, -0.1) is 6.58 Å². The van der Waals surface area contributed by atoms with Gasteiger partial charge in [0.2, 0.25) is 10.0 Å². The minimum Gasteiger partial charge on any atom is -0.207 e. The first kappa shape index (κ1) is 20.6. The lowest BCUT2D eigenvalue weighted by Gasteiger charge is -2.16. The number of hydrogen-bond donors (Lipinski definition) is 0. The first-order chi connectivity index (χ1) is 13.5. The summed E-state index contributed by atoms with van der Waals surface area (Å²) in [5.41, 5.74) is 4.70. The molecule has 4 heteroatoms. The van der Waals surface area contributed by atoms with E-state index in [1.165, 1.54) is 16.7 Å². The van der Waals surface area contributed by atoms with Crippen LogP contribution in [0.25, 0.3) is 5.57 Å². The molecular weight excluding hydrogens is 366 g/mol. The Labute approximate surface area is 169 Å². The van der Waals surface area contributed by atoms with Crippen molar-refractivity contribution >= 4 is 15.6 Å². The van der Waals surface area contributed by atoms with Crippen molar-refractivity contribution in [2.45, 2.75) is 38.0 Å². The predicted octanol–water partition coefficient (Wildman–Crippen LogP) is 5.45. The zero-order valence-corrected chi connectivity index (χ0v) is 17.6. The molecule has 1 unspecified atom stereocenters. The minimum atomic E-state index is -3.52. The van der Waals surface area contributed by atoms with Crippen LogP contribution in [0.2, 0.25) is 0 Å². The molecule has 28 heavy (non-hydrogen) atoms. The number of benzene rings is 2. The highest BCUT2D eigenvalue weighted by Crippen LogP contribution is 2.36. The molecule has 1 heterocycles. The van der Waals surface area contributed by atoms with Crippen LogP contribution in [0.15, 0.2) is 77.7 Å². The van der Waals surface area contributed by atoms with Gasteiger partial charge in [0.1, 0.15) is 0 Å². The van der Waals surface area contributed by atoms with Crippen LogP contribution in [-0.4, -0.2) is 25.8 Å². The van der Waals surface area contributed by atoms with Gasteiger partial charge in [-0.3, -0.25) is 0 Å². The molecule has 3 nitrogen and oxygen atoms in total. The molecule has 0 N–H and O–H groups in total. The number of rotatable bonds is 7. The molecule has 3 rings (SSSR count). The van der Waals surface area contributed by atoms with E-state index < -0.39 is 10.0 Å². The van der Waals surface area contributed by atoms with Crippen molar-refractivity contribution in [2.24, 2.45) is 5.92 Å². The van der Waals surface area contributed by atoms with Crippen LogP contribution >= 0.6 is 0 Å². The maximum Gasteiger partial charge on any atom is 0.243 e. The monoisotopic (exact) mass is 395 g/mol. The first-order valence-corrected chi connectivity index (χ1v) is 11.4. The highest BCUT2D eigenvalue weighted by Gasteiger charge is 2.35. The van der Waals surface area contributed by atoms with Gasteiger partial charge in [0.05, 0.1) is 4.90 Å². The third kappa shape index (κ3) is 4.29. The van der Waals surface area contributed by atoms with Crippen LogP contribution in [0.3, 0.4) is 0 Å². The Bertz CT molecular complexity index is 944. The maximum atomic E-state index is 13.2. The van der Waals surface area contributed by atoms with E-state index in [2.05, 4.69) is 25.6 Å². The van der Waals surface area contributed by atoms with Gasteiger partial charge in [-0.05, 0) is 48.6 Å². The number of unbranched alkanes of at least 4 members (excludes halogenated alkanes) is 1. The Kier molecular flexibility index (Phi) is 6.53. The molecule has 0 saturated carbocycles. The Balaban J connectivity index is 2.00. The third-order valence-electron chi connectivity index (χ3n) is 5.43. The van der Waals surface area contributed by atoms with E-state index in [0.717, 1.165) is 24.8 Å². The van der Waals surface area contributed by atoms with Crippen molar-refractivity contribution in [2.75, 3.05) is 13.1 Å². The first-order valence-electron chi connectivity index (χ1n) is 9.94. The molecule has 0 aliphatic carbocycles. The van der Waals surface area contributed by atoms with Crippen molar-refractivity contribution in [1.82, 2.24) is 4.31 Å². The largest absolute Gasteiger partial charge is 0.243 e. The molecule has 1 saturated heterocycles. The highest BCUT2D eigenvalue weighted by atomic mass is 32.2. The van der Waals surface area contributed by atoms with Crippen molar-refractivity contribution in [3.63, 3.8) is 0 Å². The van der Waals surface area contributed by atoms with Crippen LogP contribution in [-0.2, 0) is 10.0 Å². The molecule has 0 spiro atoms. The topological polar surface area (TPSA) is 37.4 Å². The second-order valence-electron chi connectivity index (χ2n) is 7.43. The van der Waals surface area contributed by atoms with E-state index in [9.17, 15) is 8.42 Å². The maximum absolute atomic E-state index is 13.2. The van der Waals surface area contributed by atoms with Crippen LogP contribution in [0.5, 0.6) is 0 Å². The molecule has 1 aliphatic heterocycles. The van der Waals surface area contributed by atoms with E-state index in [4.69, 9.17) is 0 Å². The summed E-state index contributed by atoms with van der Waals surface area (Å²) in [5, 5.41) is 0. The summed E-state index contributed by atoms with van der Waals surface area (Å²) >= 11 is 0. The van der Waals surface area contributed by atoms with E-state index in [-0.39, 0.29) is 5.92 Å². The Morgan fingerprint density at radius 1 is 1.14 bits per heavy atom. The molecule has 0 bridgehead atoms. The fraction of sp³-hybridized carbons (Fsp3) is 0.333. The molecule has 2 aromatic carbocycles. The molecule has 1 aliphatic rings. The fourth-order valence-corrected chi connectivity index (χ4v) is 5.21. The predicted molar refractivity (Wildman–Crippen MR) is 117 cm³/mol. The van der Waals surface area contributed by atoms with Gasteiger partial charge in [-0.25, -0.2) is 8.42 Å². The number of sulfonamides is 1.